The molecule has 0 bridgehead atoms. The fourth-order valence-electron chi connectivity index (χ4n) is 7.25. The summed E-state index contributed by atoms with van der Waals surface area (Å²) >= 11 is 0. The maximum absolute atomic E-state index is 10.3. The van der Waals surface area contributed by atoms with Crippen LogP contribution in [0.1, 0.15) is 74.8 Å². The molecule has 9 aromatic carbocycles. The summed E-state index contributed by atoms with van der Waals surface area (Å²) in [5.41, 5.74) is -11.5. The van der Waals surface area contributed by atoms with Crippen LogP contribution in [0.5, 0.6) is 0 Å². The van der Waals surface area contributed by atoms with Crippen LogP contribution in [0.15, 0.2) is 199 Å². The minimum atomic E-state index is -1.67. The molecule has 0 aromatic heterocycles. The van der Waals surface area contributed by atoms with Crippen molar-refractivity contribution < 1.29 is 46.6 Å². The Hall–Kier alpha value is -7.02. The first-order valence-electron chi connectivity index (χ1n) is 34.0. The molecule has 0 radical (unpaired) electrons. The lowest BCUT2D eigenvalue weighted by atomic mass is 9.67. The maximum Gasteiger partial charge on any atom is 0.0636 e. The van der Waals surface area contributed by atoms with Gasteiger partial charge in [-0.05, 0) is 140 Å². The van der Waals surface area contributed by atoms with E-state index in [1.165, 1.54) is 0 Å². The molecule has 0 fully saturated rings. The molecule has 0 saturated heterocycles. The lowest BCUT2D eigenvalue weighted by molar-refractivity contribution is 0.667. The Kier molecular flexibility index (Phi) is 2.79. The van der Waals surface area contributed by atoms with Crippen LogP contribution in [0.2, 0.25) is 0 Å². The van der Waals surface area contributed by atoms with Gasteiger partial charge in [-0.2, -0.15) is 0 Å². The van der Waals surface area contributed by atoms with Crippen LogP contribution in [-0.4, -0.2) is 0 Å². The van der Waals surface area contributed by atoms with E-state index in [4.69, 9.17) is 23.3 Å². The van der Waals surface area contributed by atoms with Gasteiger partial charge < -0.3 is 0 Å². The van der Waals surface area contributed by atoms with Crippen molar-refractivity contribution in [3.63, 3.8) is 0 Å². The van der Waals surface area contributed by atoms with Crippen LogP contribution in [0.4, 0.5) is 0 Å². The third-order valence-corrected chi connectivity index (χ3v) is 9.73. The molecule has 0 heteroatoms. The van der Waals surface area contributed by atoms with Crippen molar-refractivity contribution >= 4 is 50.0 Å². The van der Waals surface area contributed by atoms with E-state index in [0.29, 0.717) is 0 Å². The highest BCUT2D eigenvalue weighted by Gasteiger charge is 2.34. The summed E-state index contributed by atoms with van der Waals surface area (Å²) < 4.78 is 314. The quantitative estimate of drug-likeness (QED) is 0.154. The Morgan fingerprint density at radius 3 is 1.71 bits per heavy atom. The molecule has 3 aliphatic rings. The number of benzene rings is 9. The van der Waals surface area contributed by atoms with Crippen molar-refractivity contribution in [2.75, 3.05) is 0 Å². The molecule has 3 aliphatic carbocycles. The molecule has 0 nitrogen and oxygen atoms in total. The number of allylic oxidation sites excluding steroid dienone is 6. The van der Waals surface area contributed by atoms with E-state index in [1.807, 2.05) is 0 Å². The topological polar surface area (TPSA) is 0 Å². The minimum absolute atomic E-state index is 0.248. The van der Waals surface area contributed by atoms with E-state index in [9.17, 15) is 23.3 Å². The van der Waals surface area contributed by atoms with Crippen molar-refractivity contribution in [3.05, 3.63) is 221 Å². The predicted octanol–water partition coefficient (Wildman–Crippen LogP) is 15.0. The van der Waals surface area contributed by atoms with Gasteiger partial charge in [0.25, 0.3) is 0 Å². The van der Waals surface area contributed by atoms with Gasteiger partial charge in [0.2, 0.25) is 0 Å². The summed E-state index contributed by atoms with van der Waals surface area (Å²) in [4.78, 5) is 0. The largest absolute Gasteiger partial charge is 0.0761 e. The van der Waals surface area contributed by atoms with Crippen molar-refractivity contribution in [1.29, 1.82) is 0 Å². The first kappa shape index (κ1) is 12.8. The third kappa shape index (κ3) is 4.86. The van der Waals surface area contributed by atoms with Crippen LogP contribution in [-0.2, 0) is 0 Å². The highest BCUT2D eigenvalue weighted by atomic mass is 14.4. The van der Waals surface area contributed by atoms with Gasteiger partial charge in [0.05, 0.1) is 46.6 Å². The SMILES string of the molecule is [2H]C1=C([2H])c2c([2H])c([2H])c([2H])c3c2C2C1=C(c1c([2H])c([2H])c([2H])c(-c4c([2H])c(-c5c([2H])c([2H])c([2H])c(-c6c([2H])c([2H])c([2H])c([2H])c6[2H])c5[2H])c([2H])c(-c5c([2H])c([2H])c6c([2H])c([2H])c7c([2H])c([2H])c([2H])c8c([2H])c([2H])c5c6c78)c4[2H])c1[2H])C([2H])=C([2H])C2C([2H])=C3[2H]. The van der Waals surface area contributed by atoms with Gasteiger partial charge in [-0.3, -0.25) is 0 Å². The summed E-state index contributed by atoms with van der Waals surface area (Å²) in [7, 11) is 0. The predicted molar refractivity (Wildman–Crippen MR) is 239 cm³/mol. The second kappa shape index (κ2) is 12.2. The highest BCUT2D eigenvalue weighted by molar-refractivity contribution is 6.25. The average Bonchev–Trinajstić information content (AvgIpc) is 0.693. The Labute approximate surface area is 374 Å². The Morgan fingerprint density at radius 1 is 0.375 bits per heavy atom. The molecule has 56 heavy (non-hydrogen) atoms. The number of rotatable bonds is 5. The Morgan fingerprint density at radius 2 is 0.929 bits per heavy atom. The van der Waals surface area contributed by atoms with Gasteiger partial charge in [0.15, 0.2) is 0 Å². The molecule has 0 heterocycles. The van der Waals surface area contributed by atoms with Crippen molar-refractivity contribution in [1.82, 2.24) is 0 Å². The molecule has 2 unspecified atom stereocenters. The molecule has 0 aliphatic heterocycles. The fraction of sp³-hybridized carbons (Fsp3) is 0.0357. The molecular weight excluding hydrogens is 673 g/mol. The van der Waals surface area contributed by atoms with Crippen LogP contribution in [0.25, 0.3) is 94.5 Å². The normalized spacial score (nSPS) is 26.2. The Balaban J connectivity index is 1.31. The molecule has 0 saturated carbocycles. The second-order valence-corrected chi connectivity index (χ2v) is 12.8. The second-order valence-electron chi connectivity index (χ2n) is 12.8. The van der Waals surface area contributed by atoms with Gasteiger partial charge >= 0.3 is 0 Å². The summed E-state index contributed by atoms with van der Waals surface area (Å²) in [6.45, 7) is 0. The van der Waals surface area contributed by atoms with Crippen molar-refractivity contribution in [2.45, 2.75) is 5.92 Å². The fourth-order valence-corrected chi connectivity index (χ4v) is 7.25. The van der Waals surface area contributed by atoms with E-state index in [0.717, 1.165) is 0 Å². The van der Waals surface area contributed by atoms with E-state index in [2.05, 4.69) is 0 Å². The number of hydrogen-bond acceptors (Lipinski definition) is 0. The van der Waals surface area contributed by atoms with Gasteiger partial charge in [-0.1, -0.05) is 175 Å². The summed E-state index contributed by atoms with van der Waals surface area (Å²) in [5, 5.41) is -3.26. The van der Waals surface area contributed by atoms with E-state index in [1.54, 1.807) is 0 Å². The van der Waals surface area contributed by atoms with Gasteiger partial charge in [0, 0.05) is 11.8 Å². The Bertz CT molecular complexity index is 5110. The average molecular weight is 743 g/mol. The van der Waals surface area contributed by atoms with E-state index >= 15 is 0 Å². The molecule has 0 N–H and O–H groups in total. The van der Waals surface area contributed by atoms with Crippen molar-refractivity contribution in [3.8, 4) is 44.5 Å². The molecule has 0 amide bonds. The van der Waals surface area contributed by atoms with Crippen LogP contribution in [0, 0.1) is 5.92 Å². The van der Waals surface area contributed by atoms with E-state index in [-0.39, 0.29) is 5.56 Å². The molecule has 9 aromatic rings. The third-order valence-electron chi connectivity index (χ3n) is 9.73. The standard InChI is InChI=1S/C56H36/c1-2-8-35(9-3-1)42-14-6-15-43(30-42)46-32-47(34-48(33-46)50-27-23-41-21-19-37-11-5-13-39-25-29-52(50)56(41)54(37)39)44-16-7-17-45(31-44)49-26-22-40-20-18-36-10-4-12-38-24-28-51(49)55(40)53(36)38/h1-34,40,55H/i1D,2D,3D,4D,5D,6D,7D,8D,9D,10D,11D,12D,13D,14D,15D,16D,17D,18D,19D,20D,21D,22D,23D,24D,25D,26D,27D,28D,29D,30D,31D,32D,33D,34D. The lowest BCUT2D eigenvalue weighted by Gasteiger charge is -2.36. The zero-order valence-electron chi connectivity index (χ0n) is 62.2. The lowest BCUT2D eigenvalue weighted by Crippen LogP contribution is -2.21. The van der Waals surface area contributed by atoms with Gasteiger partial charge in [-0.15, -0.1) is 0 Å². The molecule has 2 atom stereocenters. The summed E-state index contributed by atoms with van der Waals surface area (Å²) in [5.74, 6) is -3.31. The van der Waals surface area contributed by atoms with Crippen molar-refractivity contribution in [2.24, 2.45) is 5.92 Å². The summed E-state index contributed by atoms with van der Waals surface area (Å²) in [6.07, 6.45) is 0. The monoisotopic (exact) mass is 742 g/mol. The zero-order chi connectivity index (χ0) is 66.3. The first-order valence-corrected chi connectivity index (χ1v) is 17.0. The van der Waals surface area contributed by atoms with E-state index < -0.39 is 322 Å². The van der Waals surface area contributed by atoms with Gasteiger partial charge in [0.1, 0.15) is 0 Å². The highest BCUT2D eigenvalue weighted by Crippen LogP contribution is 2.50. The molecule has 260 valence electrons. The maximum atomic E-state index is 10.3. The molecule has 0 spiro atoms. The molecule has 12 rings (SSSR count). The van der Waals surface area contributed by atoms with Gasteiger partial charge in [-0.25, -0.2) is 0 Å². The van der Waals surface area contributed by atoms with Crippen LogP contribution < -0.4 is 0 Å². The smallest absolute Gasteiger partial charge is 0.0636 e. The molecular formula is C56H36. The first-order chi connectivity index (χ1) is 42.0. The van der Waals surface area contributed by atoms with Crippen LogP contribution >= 0.6 is 0 Å². The minimum Gasteiger partial charge on any atom is -0.0761 e. The zero-order valence-corrected chi connectivity index (χ0v) is 28.2. The summed E-state index contributed by atoms with van der Waals surface area (Å²) in [6, 6.07) is -33.4. The number of hydrogen-bond donors (Lipinski definition) is 0. The van der Waals surface area contributed by atoms with Crippen LogP contribution in [0.3, 0.4) is 0 Å².